The van der Waals surface area contributed by atoms with E-state index in [9.17, 15) is 13.2 Å². The maximum Gasteiger partial charge on any atom is 0.261 e. The predicted molar refractivity (Wildman–Crippen MR) is 124 cm³/mol. The Kier molecular flexibility index (Phi) is 7.19. The largest absolute Gasteiger partial charge is 0.496 e. The van der Waals surface area contributed by atoms with E-state index in [-0.39, 0.29) is 10.8 Å². The van der Waals surface area contributed by atoms with E-state index in [1.54, 1.807) is 49.6 Å². The maximum atomic E-state index is 12.6. The number of sulfonamides is 1. The second kappa shape index (κ2) is 9.84. The molecule has 31 heavy (non-hydrogen) atoms. The number of ether oxygens (including phenoxy) is 2. The first-order valence-corrected chi connectivity index (χ1v) is 11.6. The summed E-state index contributed by atoms with van der Waals surface area (Å²) in [6, 6.07) is 17.5. The van der Waals surface area contributed by atoms with Crippen molar-refractivity contribution in [2.45, 2.75) is 11.8 Å². The van der Waals surface area contributed by atoms with Gasteiger partial charge in [-0.05, 0) is 89.6 Å². The molecule has 0 bridgehead atoms. The SMILES string of the molecule is CCOc1ccc(NS(=O)(=O)c2ccc(NC(=O)c3ccc(OC)c(Br)c3)cc2)cc1. The highest BCUT2D eigenvalue weighted by Gasteiger charge is 2.15. The highest BCUT2D eigenvalue weighted by Crippen LogP contribution is 2.26. The highest BCUT2D eigenvalue weighted by molar-refractivity contribution is 9.10. The summed E-state index contributed by atoms with van der Waals surface area (Å²) in [5.74, 6) is 0.951. The molecule has 7 nitrogen and oxygen atoms in total. The molecule has 3 rings (SSSR count). The fourth-order valence-corrected chi connectivity index (χ4v) is 4.33. The van der Waals surface area contributed by atoms with Crippen LogP contribution in [-0.4, -0.2) is 28.0 Å². The summed E-state index contributed by atoms with van der Waals surface area (Å²) in [6.07, 6.45) is 0. The van der Waals surface area contributed by atoms with Crippen LogP contribution in [0.3, 0.4) is 0 Å². The van der Waals surface area contributed by atoms with Crippen LogP contribution in [0.1, 0.15) is 17.3 Å². The van der Waals surface area contributed by atoms with E-state index in [1.807, 2.05) is 6.92 Å². The number of methoxy groups -OCH3 is 1. The minimum atomic E-state index is -3.77. The molecule has 0 unspecified atom stereocenters. The van der Waals surface area contributed by atoms with Gasteiger partial charge in [0.15, 0.2) is 0 Å². The molecule has 0 aliphatic carbocycles. The Hall–Kier alpha value is -3.04. The molecule has 3 aromatic rings. The fraction of sp³-hybridized carbons (Fsp3) is 0.136. The van der Waals surface area contributed by atoms with Gasteiger partial charge in [-0.1, -0.05) is 0 Å². The molecule has 0 atom stereocenters. The van der Waals surface area contributed by atoms with Crippen molar-refractivity contribution in [2.75, 3.05) is 23.8 Å². The smallest absolute Gasteiger partial charge is 0.261 e. The van der Waals surface area contributed by atoms with Crippen molar-refractivity contribution in [1.82, 2.24) is 0 Å². The zero-order valence-corrected chi connectivity index (χ0v) is 19.3. The number of anilines is 2. The lowest BCUT2D eigenvalue weighted by Gasteiger charge is -2.11. The van der Waals surface area contributed by atoms with Crippen molar-refractivity contribution in [3.8, 4) is 11.5 Å². The van der Waals surface area contributed by atoms with Gasteiger partial charge in [-0.15, -0.1) is 0 Å². The van der Waals surface area contributed by atoms with Gasteiger partial charge in [-0.2, -0.15) is 0 Å². The van der Waals surface area contributed by atoms with Gasteiger partial charge in [-0.3, -0.25) is 9.52 Å². The van der Waals surface area contributed by atoms with Gasteiger partial charge in [0.1, 0.15) is 11.5 Å². The minimum Gasteiger partial charge on any atom is -0.496 e. The van der Waals surface area contributed by atoms with Crippen molar-refractivity contribution in [2.24, 2.45) is 0 Å². The first kappa shape index (κ1) is 22.6. The van der Waals surface area contributed by atoms with E-state index in [2.05, 4.69) is 26.0 Å². The Morgan fingerprint density at radius 3 is 2.19 bits per heavy atom. The fourth-order valence-electron chi connectivity index (χ4n) is 2.73. The van der Waals surface area contributed by atoms with E-state index in [1.165, 1.54) is 24.3 Å². The molecule has 1 amide bonds. The molecular formula is C22H21BrN2O5S. The zero-order chi connectivity index (χ0) is 22.4. The molecule has 0 aliphatic rings. The number of hydrogen-bond acceptors (Lipinski definition) is 5. The summed E-state index contributed by atoms with van der Waals surface area (Å²) in [4.78, 5) is 12.5. The number of carbonyl (C=O) groups excluding carboxylic acids is 1. The van der Waals surface area contributed by atoms with Crippen molar-refractivity contribution in [3.05, 3.63) is 76.8 Å². The molecular weight excluding hydrogens is 484 g/mol. The average Bonchev–Trinajstić information content (AvgIpc) is 2.75. The van der Waals surface area contributed by atoms with Crippen molar-refractivity contribution >= 4 is 43.2 Å². The summed E-state index contributed by atoms with van der Waals surface area (Å²) < 4.78 is 38.9. The number of rotatable bonds is 8. The van der Waals surface area contributed by atoms with Gasteiger partial charge in [0.25, 0.3) is 15.9 Å². The van der Waals surface area contributed by atoms with Gasteiger partial charge < -0.3 is 14.8 Å². The Bertz CT molecular complexity index is 1160. The number of halogens is 1. The van der Waals surface area contributed by atoms with E-state index in [0.717, 1.165) is 0 Å². The second-order valence-electron chi connectivity index (χ2n) is 6.39. The van der Waals surface area contributed by atoms with Gasteiger partial charge >= 0.3 is 0 Å². The van der Waals surface area contributed by atoms with Crippen molar-refractivity contribution in [1.29, 1.82) is 0 Å². The van der Waals surface area contributed by atoms with E-state index < -0.39 is 10.0 Å². The molecule has 0 aromatic heterocycles. The molecule has 9 heteroatoms. The molecule has 0 saturated carbocycles. The van der Waals surface area contributed by atoms with Gasteiger partial charge in [0.2, 0.25) is 0 Å². The Morgan fingerprint density at radius 1 is 0.968 bits per heavy atom. The van der Waals surface area contributed by atoms with Crippen LogP contribution in [0.2, 0.25) is 0 Å². The zero-order valence-electron chi connectivity index (χ0n) is 16.9. The number of nitrogens with one attached hydrogen (secondary N) is 2. The van der Waals surface area contributed by atoms with Gasteiger partial charge in [-0.25, -0.2) is 8.42 Å². The van der Waals surface area contributed by atoms with Gasteiger partial charge in [0, 0.05) is 16.9 Å². The van der Waals surface area contributed by atoms with E-state index in [0.29, 0.717) is 39.5 Å². The molecule has 2 N–H and O–H groups in total. The lowest BCUT2D eigenvalue weighted by atomic mass is 10.2. The average molecular weight is 505 g/mol. The molecule has 0 spiro atoms. The van der Waals surface area contributed by atoms with Crippen LogP contribution < -0.4 is 19.5 Å². The van der Waals surface area contributed by atoms with E-state index >= 15 is 0 Å². The summed E-state index contributed by atoms with van der Waals surface area (Å²) >= 11 is 3.35. The third kappa shape index (κ3) is 5.77. The van der Waals surface area contributed by atoms with Crippen LogP contribution in [0.15, 0.2) is 76.1 Å². The summed E-state index contributed by atoms with van der Waals surface area (Å²) in [5.41, 5.74) is 1.32. The third-order valence-corrected chi connectivity index (χ3v) is 6.27. The number of hydrogen-bond donors (Lipinski definition) is 2. The van der Waals surface area contributed by atoms with Crippen LogP contribution in [0.25, 0.3) is 0 Å². The topological polar surface area (TPSA) is 93.7 Å². The number of benzene rings is 3. The molecule has 0 fully saturated rings. The maximum absolute atomic E-state index is 12.6. The number of carbonyl (C=O) groups is 1. The van der Waals surface area contributed by atoms with Crippen molar-refractivity contribution < 1.29 is 22.7 Å². The van der Waals surface area contributed by atoms with Gasteiger partial charge in [0.05, 0.1) is 23.1 Å². The Labute approximate surface area is 189 Å². The first-order chi connectivity index (χ1) is 14.8. The monoisotopic (exact) mass is 504 g/mol. The normalized spacial score (nSPS) is 10.9. The molecule has 0 radical (unpaired) electrons. The number of amides is 1. The minimum absolute atomic E-state index is 0.0755. The Morgan fingerprint density at radius 2 is 1.61 bits per heavy atom. The van der Waals surface area contributed by atoms with Crippen LogP contribution in [0.4, 0.5) is 11.4 Å². The lowest BCUT2D eigenvalue weighted by Crippen LogP contribution is -2.14. The highest BCUT2D eigenvalue weighted by atomic mass is 79.9. The summed E-state index contributed by atoms with van der Waals surface area (Å²) in [7, 11) is -2.23. The lowest BCUT2D eigenvalue weighted by molar-refractivity contribution is 0.102. The standard InChI is InChI=1S/C22H21BrN2O5S/c1-3-30-18-9-5-17(6-10-18)25-31(27,28)19-11-7-16(8-12-19)24-22(26)15-4-13-21(29-2)20(23)14-15/h4-14,25H,3H2,1-2H3,(H,24,26). The van der Waals surface area contributed by atoms with Crippen LogP contribution >= 0.6 is 15.9 Å². The molecule has 3 aromatic carbocycles. The first-order valence-electron chi connectivity index (χ1n) is 9.33. The Balaban J connectivity index is 1.68. The quantitative estimate of drug-likeness (QED) is 0.454. The van der Waals surface area contributed by atoms with Crippen LogP contribution in [0, 0.1) is 0 Å². The summed E-state index contributed by atoms with van der Waals surface area (Å²) in [6.45, 7) is 2.41. The third-order valence-electron chi connectivity index (χ3n) is 4.25. The molecule has 162 valence electrons. The molecule has 0 saturated heterocycles. The van der Waals surface area contributed by atoms with Crippen LogP contribution in [-0.2, 0) is 10.0 Å². The second-order valence-corrected chi connectivity index (χ2v) is 8.93. The predicted octanol–water partition coefficient (Wildman–Crippen LogP) is 4.91. The van der Waals surface area contributed by atoms with E-state index in [4.69, 9.17) is 9.47 Å². The van der Waals surface area contributed by atoms with Crippen molar-refractivity contribution in [3.63, 3.8) is 0 Å². The summed E-state index contributed by atoms with van der Waals surface area (Å²) in [5, 5.41) is 2.74. The molecule has 0 aliphatic heterocycles. The molecule has 0 heterocycles. The van der Waals surface area contributed by atoms with Crippen LogP contribution in [0.5, 0.6) is 11.5 Å².